The van der Waals surface area contributed by atoms with Crippen LogP contribution in [0, 0.1) is 0 Å². The van der Waals surface area contributed by atoms with E-state index in [2.05, 4.69) is 35.1 Å². The minimum absolute atomic E-state index is 0.185. The van der Waals surface area contributed by atoms with E-state index in [0.717, 1.165) is 42.1 Å². The minimum Gasteiger partial charge on any atom is -0.409 e. The minimum atomic E-state index is 0.185. The van der Waals surface area contributed by atoms with E-state index in [-0.39, 0.29) is 5.84 Å². The van der Waals surface area contributed by atoms with Crippen LogP contribution in [0.5, 0.6) is 0 Å². The molecule has 1 heterocycles. The first-order valence-electron chi connectivity index (χ1n) is 7.14. The second-order valence-corrected chi connectivity index (χ2v) is 6.37. The van der Waals surface area contributed by atoms with Gasteiger partial charge in [0.05, 0.1) is 5.56 Å². The molecule has 1 saturated heterocycles. The first-order valence-corrected chi connectivity index (χ1v) is 8.37. The van der Waals surface area contributed by atoms with Gasteiger partial charge in [-0.3, -0.25) is 0 Å². The van der Waals surface area contributed by atoms with Crippen LogP contribution in [-0.2, 0) is 0 Å². The van der Waals surface area contributed by atoms with E-state index in [0.29, 0.717) is 6.04 Å². The Morgan fingerprint density at radius 2 is 2.05 bits per heavy atom. The largest absolute Gasteiger partial charge is 0.409 e. The summed E-state index contributed by atoms with van der Waals surface area (Å²) < 4.78 is 0. The fourth-order valence-electron chi connectivity index (χ4n) is 2.88. The van der Waals surface area contributed by atoms with Crippen LogP contribution in [0.1, 0.15) is 18.4 Å². The van der Waals surface area contributed by atoms with Crippen molar-refractivity contribution in [1.29, 1.82) is 0 Å². The molecule has 0 unspecified atom stereocenters. The molecule has 116 valence electrons. The van der Waals surface area contributed by atoms with Crippen LogP contribution in [0.4, 0.5) is 5.69 Å². The van der Waals surface area contributed by atoms with Crippen LogP contribution in [0.2, 0.25) is 0 Å². The highest BCUT2D eigenvalue weighted by atomic mass is 32.2. The Labute approximate surface area is 130 Å². The van der Waals surface area contributed by atoms with Crippen molar-refractivity contribution in [3.63, 3.8) is 0 Å². The molecule has 1 aliphatic rings. The molecule has 0 amide bonds. The number of oxime groups is 1. The predicted molar refractivity (Wildman–Crippen MR) is 89.7 cm³/mol. The molecule has 0 bridgehead atoms. The maximum absolute atomic E-state index is 9.07. The third-order valence-electron chi connectivity index (χ3n) is 4.12. The molecule has 1 fully saturated rings. The molecule has 5 nitrogen and oxygen atoms in total. The van der Waals surface area contributed by atoms with Gasteiger partial charge in [-0.25, -0.2) is 0 Å². The molecule has 2 rings (SSSR count). The number of amidine groups is 1. The number of hydrogen-bond donors (Lipinski definition) is 2. The van der Waals surface area contributed by atoms with Crippen LogP contribution in [0.15, 0.2) is 28.3 Å². The third kappa shape index (κ3) is 3.44. The van der Waals surface area contributed by atoms with Gasteiger partial charge < -0.3 is 20.7 Å². The summed E-state index contributed by atoms with van der Waals surface area (Å²) in [5, 5.41) is 12.3. The maximum Gasteiger partial charge on any atom is 0.173 e. The zero-order valence-corrected chi connectivity index (χ0v) is 13.7. The van der Waals surface area contributed by atoms with Crippen LogP contribution in [0.25, 0.3) is 0 Å². The standard InChI is InChI=1S/C15H24N4OS/c1-18(2)11-7-9-19(10-8-11)12-5-4-6-13(21-3)14(12)15(16)17-20/h4-6,11,20H,7-10H2,1-3H3,(H2,16,17). The van der Waals surface area contributed by atoms with Crippen LogP contribution in [-0.4, -0.2) is 55.4 Å². The molecule has 0 radical (unpaired) electrons. The Morgan fingerprint density at radius 1 is 1.38 bits per heavy atom. The maximum atomic E-state index is 9.07. The molecule has 0 aromatic heterocycles. The van der Waals surface area contributed by atoms with Crippen LogP contribution >= 0.6 is 11.8 Å². The molecule has 1 aromatic carbocycles. The van der Waals surface area contributed by atoms with Crippen molar-refractivity contribution in [3.05, 3.63) is 23.8 Å². The van der Waals surface area contributed by atoms with Gasteiger partial charge >= 0.3 is 0 Å². The first kappa shape index (κ1) is 16.0. The molecule has 0 spiro atoms. The number of rotatable bonds is 4. The Morgan fingerprint density at radius 3 is 2.57 bits per heavy atom. The van der Waals surface area contributed by atoms with E-state index in [1.54, 1.807) is 11.8 Å². The normalized spacial score (nSPS) is 17.5. The average Bonchev–Trinajstić information content (AvgIpc) is 2.53. The number of piperidine rings is 1. The summed E-state index contributed by atoms with van der Waals surface area (Å²) in [6.07, 6.45) is 4.27. The van der Waals surface area contributed by atoms with Crippen molar-refractivity contribution in [1.82, 2.24) is 4.90 Å². The topological polar surface area (TPSA) is 65.1 Å². The fourth-order valence-corrected chi connectivity index (χ4v) is 3.51. The van der Waals surface area contributed by atoms with Gasteiger partial charge in [0.25, 0.3) is 0 Å². The van der Waals surface area contributed by atoms with Gasteiger partial charge in [0.1, 0.15) is 0 Å². The fraction of sp³-hybridized carbons (Fsp3) is 0.533. The number of anilines is 1. The van der Waals surface area contributed by atoms with Gasteiger partial charge in [0.15, 0.2) is 5.84 Å². The second-order valence-electron chi connectivity index (χ2n) is 5.52. The van der Waals surface area contributed by atoms with Gasteiger partial charge in [-0.15, -0.1) is 11.8 Å². The Kier molecular flexibility index (Phi) is 5.36. The molecule has 0 saturated carbocycles. The van der Waals surface area contributed by atoms with E-state index in [4.69, 9.17) is 10.9 Å². The number of benzene rings is 1. The Hall–Kier alpha value is -1.40. The van der Waals surface area contributed by atoms with E-state index in [1.165, 1.54) is 0 Å². The SMILES string of the molecule is CSc1cccc(N2CCC(N(C)C)CC2)c1/C(N)=N/O. The molecular weight excluding hydrogens is 284 g/mol. The summed E-state index contributed by atoms with van der Waals surface area (Å²) in [6, 6.07) is 6.74. The quantitative estimate of drug-likeness (QED) is 0.293. The predicted octanol–water partition coefficient (Wildman–Crippen LogP) is 2.03. The molecule has 21 heavy (non-hydrogen) atoms. The summed E-state index contributed by atoms with van der Waals surface area (Å²) in [6.45, 7) is 1.98. The van der Waals surface area contributed by atoms with Crippen molar-refractivity contribution in [2.75, 3.05) is 38.3 Å². The van der Waals surface area contributed by atoms with Crippen molar-refractivity contribution in [2.24, 2.45) is 10.9 Å². The number of thioether (sulfide) groups is 1. The zero-order valence-electron chi connectivity index (χ0n) is 12.9. The van der Waals surface area contributed by atoms with Crippen molar-refractivity contribution in [3.8, 4) is 0 Å². The summed E-state index contributed by atoms with van der Waals surface area (Å²) in [5.74, 6) is 0.185. The summed E-state index contributed by atoms with van der Waals surface area (Å²) in [7, 11) is 4.27. The summed E-state index contributed by atoms with van der Waals surface area (Å²) in [5.41, 5.74) is 7.81. The highest BCUT2D eigenvalue weighted by Crippen LogP contribution is 2.31. The molecule has 3 N–H and O–H groups in total. The monoisotopic (exact) mass is 308 g/mol. The molecule has 6 heteroatoms. The lowest BCUT2D eigenvalue weighted by molar-refractivity contribution is 0.249. The third-order valence-corrected chi connectivity index (χ3v) is 4.90. The zero-order chi connectivity index (χ0) is 15.4. The van der Waals surface area contributed by atoms with E-state index in [1.807, 2.05) is 18.4 Å². The van der Waals surface area contributed by atoms with E-state index in [9.17, 15) is 0 Å². The van der Waals surface area contributed by atoms with Gasteiger partial charge in [0.2, 0.25) is 0 Å². The van der Waals surface area contributed by atoms with Gasteiger partial charge in [-0.1, -0.05) is 11.2 Å². The van der Waals surface area contributed by atoms with E-state index < -0.39 is 0 Å². The molecule has 0 atom stereocenters. The smallest absolute Gasteiger partial charge is 0.173 e. The lowest BCUT2D eigenvalue weighted by atomic mass is 10.0. The number of nitrogens with two attached hydrogens (primary N) is 1. The highest BCUT2D eigenvalue weighted by molar-refractivity contribution is 7.98. The Balaban J connectivity index is 2.28. The molecular formula is C15H24N4OS. The van der Waals surface area contributed by atoms with Crippen molar-refractivity contribution < 1.29 is 5.21 Å². The number of nitrogens with zero attached hydrogens (tertiary/aromatic N) is 3. The number of hydrogen-bond acceptors (Lipinski definition) is 5. The van der Waals surface area contributed by atoms with E-state index >= 15 is 0 Å². The Bertz CT molecular complexity index is 510. The van der Waals surface area contributed by atoms with Gasteiger partial charge in [0, 0.05) is 29.7 Å². The van der Waals surface area contributed by atoms with Gasteiger partial charge in [-0.05, 0) is 45.3 Å². The first-order chi connectivity index (χ1) is 10.1. The van der Waals surface area contributed by atoms with Gasteiger partial charge in [-0.2, -0.15) is 0 Å². The lowest BCUT2D eigenvalue weighted by Crippen LogP contribution is -2.42. The summed E-state index contributed by atoms with van der Waals surface area (Å²) >= 11 is 1.62. The highest BCUT2D eigenvalue weighted by Gasteiger charge is 2.24. The molecule has 1 aliphatic heterocycles. The van der Waals surface area contributed by atoms with Crippen molar-refractivity contribution in [2.45, 2.75) is 23.8 Å². The van der Waals surface area contributed by atoms with Crippen LogP contribution < -0.4 is 10.6 Å². The molecule has 0 aliphatic carbocycles. The summed E-state index contributed by atoms with van der Waals surface area (Å²) in [4.78, 5) is 5.67. The molecule has 1 aromatic rings. The van der Waals surface area contributed by atoms with Crippen LogP contribution in [0.3, 0.4) is 0 Å². The second kappa shape index (κ2) is 7.04. The average molecular weight is 308 g/mol. The lowest BCUT2D eigenvalue weighted by Gasteiger charge is -2.37. The van der Waals surface area contributed by atoms with Crippen molar-refractivity contribution >= 4 is 23.3 Å².